The van der Waals surface area contributed by atoms with E-state index in [9.17, 15) is 19.2 Å². The number of nitrogens with zero attached hydrogens (tertiary/aromatic N) is 2. The maximum atomic E-state index is 15.5. The van der Waals surface area contributed by atoms with Gasteiger partial charge in [0.1, 0.15) is 11.9 Å². The van der Waals surface area contributed by atoms with E-state index < -0.39 is 29.7 Å². The number of anilines is 2. The maximum absolute atomic E-state index is 15.5. The highest BCUT2D eigenvalue weighted by Crippen LogP contribution is 2.33. The van der Waals surface area contributed by atoms with Crippen LogP contribution in [0.4, 0.5) is 15.8 Å². The lowest BCUT2D eigenvalue weighted by atomic mass is 9.89. The first-order valence-electron chi connectivity index (χ1n) is 14.6. The molecular weight excluding hydrogens is 535 g/mol. The average Bonchev–Trinajstić information content (AvgIpc) is 3.25. The van der Waals surface area contributed by atoms with Gasteiger partial charge in [0.2, 0.25) is 11.8 Å². The Labute approximate surface area is 243 Å². The molecule has 6 rings (SSSR count). The molecule has 3 aliphatic heterocycles. The molecule has 0 spiro atoms. The fourth-order valence-electron chi connectivity index (χ4n) is 6.28. The molecule has 2 saturated heterocycles. The van der Waals surface area contributed by atoms with Crippen LogP contribution in [-0.2, 0) is 16.0 Å². The monoisotopic (exact) mass is 568 g/mol. The van der Waals surface area contributed by atoms with Crippen LogP contribution in [0.1, 0.15) is 69.9 Å². The largest absolute Gasteiger partial charge is 0.385 e. The Bertz CT molecular complexity index is 1530. The number of rotatable bonds is 8. The number of hydrogen-bond donors (Lipinski definition) is 2. The zero-order valence-corrected chi connectivity index (χ0v) is 23.3. The van der Waals surface area contributed by atoms with E-state index >= 15 is 4.39 Å². The highest BCUT2D eigenvalue weighted by Gasteiger charge is 2.44. The summed E-state index contributed by atoms with van der Waals surface area (Å²) in [4.78, 5) is 52.8. The molecule has 8 nitrogen and oxygen atoms in total. The summed E-state index contributed by atoms with van der Waals surface area (Å²) >= 11 is 0. The van der Waals surface area contributed by atoms with Gasteiger partial charge in [-0.25, -0.2) is 4.39 Å². The molecule has 3 aromatic carbocycles. The van der Waals surface area contributed by atoms with Gasteiger partial charge in [0.15, 0.2) is 0 Å². The van der Waals surface area contributed by atoms with Crippen molar-refractivity contribution >= 4 is 35.0 Å². The van der Waals surface area contributed by atoms with Gasteiger partial charge in [0.05, 0.1) is 16.8 Å². The number of halogens is 1. The number of carbonyl (C=O) groups is 4. The lowest BCUT2D eigenvalue weighted by Crippen LogP contribution is -2.54. The number of piperidine rings is 2. The first-order chi connectivity index (χ1) is 20.4. The minimum atomic E-state index is -0.993. The number of hydrogen-bond acceptors (Lipinski definition) is 6. The van der Waals surface area contributed by atoms with Crippen molar-refractivity contribution < 1.29 is 23.6 Å². The molecule has 2 N–H and O–H groups in total. The van der Waals surface area contributed by atoms with Gasteiger partial charge >= 0.3 is 0 Å². The zero-order chi connectivity index (χ0) is 29.2. The molecule has 3 heterocycles. The van der Waals surface area contributed by atoms with Crippen molar-refractivity contribution in [2.45, 2.75) is 50.5 Å². The molecule has 4 amide bonds. The number of imide groups is 2. The van der Waals surface area contributed by atoms with Gasteiger partial charge in [-0.3, -0.25) is 29.4 Å². The SMILES string of the molecule is O=C1CCC(N2C(=O)c3ccc(NCCCc4cccc(N5CCC(c6ccccc6)CC5)c4F)cc3C2=O)C(=O)N1. The van der Waals surface area contributed by atoms with E-state index in [0.717, 1.165) is 30.8 Å². The van der Waals surface area contributed by atoms with Gasteiger partial charge in [-0.2, -0.15) is 0 Å². The minimum Gasteiger partial charge on any atom is -0.385 e. The van der Waals surface area contributed by atoms with Crippen LogP contribution in [0.5, 0.6) is 0 Å². The minimum absolute atomic E-state index is 0.0763. The molecule has 3 aliphatic rings. The fourth-order valence-corrected chi connectivity index (χ4v) is 6.28. The summed E-state index contributed by atoms with van der Waals surface area (Å²) < 4.78 is 15.5. The second-order valence-electron chi connectivity index (χ2n) is 11.2. The number of nitrogens with one attached hydrogen (secondary N) is 2. The molecule has 1 atom stereocenters. The molecule has 1 unspecified atom stereocenters. The van der Waals surface area contributed by atoms with Crippen molar-refractivity contribution in [3.8, 4) is 0 Å². The van der Waals surface area contributed by atoms with Crippen molar-refractivity contribution in [3.63, 3.8) is 0 Å². The van der Waals surface area contributed by atoms with Crippen molar-refractivity contribution in [2.75, 3.05) is 29.9 Å². The molecule has 3 aromatic rings. The Kier molecular flexibility index (Phi) is 7.73. The van der Waals surface area contributed by atoms with Gasteiger partial charge in [0.25, 0.3) is 11.8 Å². The molecular formula is C33H33FN4O4. The average molecular weight is 569 g/mol. The third kappa shape index (κ3) is 5.38. The molecule has 0 aliphatic carbocycles. The van der Waals surface area contributed by atoms with Crippen LogP contribution in [-0.4, -0.2) is 54.2 Å². The standard InChI is InChI=1S/C33H33FN4O4/c34-30-23(8-4-10-27(30)37-18-15-22(16-19-37)21-6-2-1-3-7-21)9-5-17-35-24-11-12-25-26(20-24)33(42)38(32(25)41)28-13-14-29(39)36-31(28)40/h1-4,6-8,10-12,20,22,28,35H,5,9,13-19H2,(H,36,39,40). The van der Waals surface area contributed by atoms with Gasteiger partial charge in [-0.1, -0.05) is 42.5 Å². The van der Waals surface area contributed by atoms with Crippen LogP contribution < -0.4 is 15.5 Å². The van der Waals surface area contributed by atoms with E-state index in [1.807, 2.05) is 24.3 Å². The predicted molar refractivity (Wildman–Crippen MR) is 157 cm³/mol. The molecule has 42 heavy (non-hydrogen) atoms. The van der Waals surface area contributed by atoms with E-state index in [4.69, 9.17) is 0 Å². The molecule has 0 radical (unpaired) electrons. The zero-order valence-electron chi connectivity index (χ0n) is 23.3. The summed E-state index contributed by atoms with van der Waals surface area (Å²) in [6.07, 6.45) is 3.41. The lowest BCUT2D eigenvalue weighted by Gasteiger charge is -2.34. The summed E-state index contributed by atoms with van der Waals surface area (Å²) in [6.45, 7) is 2.19. The Morgan fingerprint density at radius 3 is 2.38 bits per heavy atom. The Balaban J connectivity index is 1.03. The summed E-state index contributed by atoms with van der Waals surface area (Å²) in [6, 6.07) is 20.0. The lowest BCUT2D eigenvalue weighted by molar-refractivity contribution is -0.136. The van der Waals surface area contributed by atoms with Crippen LogP contribution in [0.15, 0.2) is 66.7 Å². The third-order valence-corrected chi connectivity index (χ3v) is 8.56. The van der Waals surface area contributed by atoms with Crippen molar-refractivity contribution in [2.24, 2.45) is 0 Å². The van der Waals surface area contributed by atoms with Gasteiger partial charge in [0, 0.05) is 31.7 Å². The molecule has 0 bridgehead atoms. The quantitative estimate of drug-likeness (QED) is 0.303. The fraction of sp³-hybridized carbons (Fsp3) is 0.333. The second-order valence-corrected chi connectivity index (χ2v) is 11.2. The predicted octanol–water partition coefficient (Wildman–Crippen LogP) is 4.66. The van der Waals surface area contributed by atoms with Crippen LogP contribution >= 0.6 is 0 Å². The highest BCUT2D eigenvalue weighted by molar-refractivity contribution is 6.23. The first-order valence-corrected chi connectivity index (χ1v) is 14.6. The number of aryl methyl sites for hydroxylation is 1. The summed E-state index contributed by atoms with van der Waals surface area (Å²) in [5.41, 5.74) is 3.82. The highest BCUT2D eigenvalue weighted by atomic mass is 19.1. The van der Waals surface area contributed by atoms with Crippen molar-refractivity contribution in [3.05, 3.63) is 94.8 Å². The Morgan fingerprint density at radius 1 is 0.857 bits per heavy atom. The van der Waals surface area contributed by atoms with Crippen LogP contribution in [0.3, 0.4) is 0 Å². The molecule has 216 valence electrons. The number of fused-ring (bicyclic) bond motifs is 1. The Morgan fingerprint density at radius 2 is 1.62 bits per heavy atom. The summed E-state index contributed by atoms with van der Waals surface area (Å²) in [7, 11) is 0. The normalized spacial score (nSPS) is 19.2. The third-order valence-electron chi connectivity index (χ3n) is 8.56. The molecule has 0 aromatic heterocycles. The van der Waals surface area contributed by atoms with Gasteiger partial charge < -0.3 is 10.2 Å². The van der Waals surface area contributed by atoms with E-state index in [2.05, 4.69) is 39.8 Å². The van der Waals surface area contributed by atoms with Gasteiger partial charge in [-0.05, 0) is 73.4 Å². The smallest absolute Gasteiger partial charge is 0.262 e. The number of benzene rings is 3. The summed E-state index contributed by atoms with van der Waals surface area (Å²) in [5, 5.41) is 5.47. The molecule has 0 saturated carbocycles. The second kappa shape index (κ2) is 11.8. The van der Waals surface area contributed by atoms with E-state index in [1.165, 1.54) is 5.56 Å². The van der Waals surface area contributed by atoms with Crippen LogP contribution in [0.2, 0.25) is 0 Å². The molecule has 9 heteroatoms. The van der Waals surface area contributed by atoms with Crippen LogP contribution in [0, 0.1) is 5.82 Å². The van der Waals surface area contributed by atoms with Crippen molar-refractivity contribution in [1.29, 1.82) is 0 Å². The number of amides is 4. The first kappa shape index (κ1) is 27.6. The van der Waals surface area contributed by atoms with E-state index in [-0.39, 0.29) is 29.8 Å². The topological polar surface area (TPSA) is 98.8 Å². The van der Waals surface area contributed by atoms with E-state index in [0.29, 0.717) is 42.2 Å². The van der Waals surface area contributed by atoms with Crippen molar-refractivity contribution in [1.82, 2.24) is 10.2 Å². The number of carbonyl (C=O) groups excluding carboxylic acids is 4. The Hall–Kier alpha value is -4.53. The van der Waals surface area contributed by atoms with Crippen LogP contribution in [0.25, 0.3) is 0 Å². The van der Waals surface area contributed by atoms with Gasteiger partial charge in [-0.15, -0.1) is 0 Å². The van der Waals surface area contributed by atoms with E-state index in [1.54, 1.807) is 18.2 Å². The summed E-state index contributed by atoms with van der Waals surface area (Å²) in [5.74, 6) is -1.77. The maximum Gasteiger partial charge on any atom is 0.262 e. The molecule has 2 fully saturated rings.